The van der Waals surface area contributed by atoms with E-state index in [0.29, 0.717) is 5.69 Å². The molecule has 0 radical (unpaired) electrons. The molecule has 0 atom stereocenters. The summed E-state index contributed by atoms with van der Waals surface area (Å²) in [4.78, 5) is 16.0. The van der Waals surface area contributed by atoms with Gasteiger partial charge >= 0.3 is 0 Å². The van der Waals surface area contributed by atoms with Crippen LogP contribution in [0.5, 0.6) is 0 Å². The van der Waals surface area contributed by atoms with E-state index in [1.807, 2.05) is 6.92 Å². The third-order valence-electron chi connectivity index (χ3n) is 2.80. The summed E-state index contributed by atoms with van der Waals surface area (Å²) < 4.78 is 13.8. The maximum absolute atomic E-state index is 13.8. The van der Waals surface area contributed by atoms with Crippen LogP contribution in [0.15, 0.2) is 36.7 Å². The van der Waals surface area contributed by atoms with Gasteiger partial charge in [0.2, 0.25) is 0 Å². The number of amides is 1. The number of carbonyl (C=O) groups is 1. The lowest BCUT2D eigenvalue weighted by molar-refractivity contribution is 0.102. The van der Waals surface area contributed by atoms with Crippen LogP contribution in [0, 0.1) is 24.6 Å². The van der Waals surface area contributed by atoms with Crippen molar-refractivity contribution in [3.05, 3.63) is 59.2 Å². The fourth-order valence-corrected chi connectivity index (χ4v) is 1.70. The van der Waals surface area contributed by atoms with Crippen LogP contribution >= 0.6 is 0 Å². The molecule has 4 nitrogen and oxygen atoms in total. The Hall–Kier alpha value is -2.71. The van der Waals surface area contributed by atoms with Gasteiger partial charge in [0.1, 0.15) is 12.4 Å². The maximum Gasteiger partial charge on any atom is 0.255 e. The fourth-order valence-electron chi connectivity index (χ4n) is 1.70. The molecule has 2 aromatic rings. The van der Waals surface area contributed by atoms with Gasteiger partial charge in [-0.05, 0) is 36.8 Å². The van der Waals surface area contributed by atoms with Gasteiger partial charge in [-0.2, -0.15) is 0 Å². The summed E-state index contributed by atoms with van der Waals surface area (Å²) in [6.45, 7) is 1.47. The fraction of sp³-hybridized carbons (Fsp3) is 0.125. The normalized spacial score (nSPS) is 9.67. The standard InChI is InChI=1S/C16H13FN2O2/c1-11-10-18-7-6-15(11)19-16(21)13-5-4-12(3-2-8-20)14(17)9-13/h4-7,9-10,20H,8H2,1H3,(H,18,19,21). The van der Waals surface area contributed by atoms with Crippen LogP contribution in [-0.2, 0) is 0 Å². The third kappa shape index (κ3) is 3.65. The third-order valence-corrected chi connectivity index (χ3v) is 2.80. The molecule has 5 heteroatoms. The number of halogens is 1. The van der Waals surface area contributed by atoms with E-state index in [-0.39, 0.29) is 17.7 Å². The van der Waals surface area contributed by atoms with Crippen LogP contribution in [0.2, 0.25) is 0 Å². The molecular formula is C16H13FN2O2. The summed E-state index contributed by atoms with van der Waals surface area (Å²) in [5.74, 6) is 3.82. The number of nitrogens with zero attached hydrogens (tertiary/aromatic N) is 1. The van der Waals surface area contributed by atoms with E-state index in [1.54, 1.807) is 18.5 Å². The molecule has 0 fully saturated rings. The number of hydrogen-bond acceptors (Lipinski definition) is 3. The second-order valence-corrected chi connectivity index (χ2v) is 4.30. The van der Waals surface area contributed by atoms with Crippen molar-refractivity contribution in [2.24, 2.45) is 0 Å². The molecule has 21 heavy (non-hydrogen) atoms. The maximum atomic E-state index is 13.8. The van der Waals surface area contributed by atoms with Crippen molar-refractivity contribution in [2.75, 3.05) is 11.9 Å². The van der Waals surface area contributed by atoms with E-state index in [2.05, 4.69) is 22.1 Å². The minimum atomic E-state index is -0.602. The van der Waals surface area contributed by atoms with Crippen molar-refractivity contribution in [3.8, 4) is 11.8 Å². The number of rotatable bonds is 2. The highest BCUT2D eigenvalue weighted by molar-refractivity contribution is 6.04. The molecule has 0 saturated heterocycles. The Morgan fingerprint density at radius 3 is 2.90 bits per heavy atom. The van der Waals surface area contributed by atoms with Gasteiger partial charge in [0, 0.05) is 23.6 Å². The van der Waals surface area contributed by atoms with E-state index >= 15 is 0 Å². The number of nitrogens with one attached hydrogen (secondary N) is 1. The number of benzene rings is 1. The van der Waals surface area contributed by atoms with E-state index in [0.717, 1.165) is 11.6 Å². The van der Waals surface area contributed by atoms with Gasteiger partial charge in [-0.3, -0.25) is 9.78 Å². The van der Waals surface area contributed by atoms with Gasteiger partial charge in [-0.15, -0.1) is 0 Å². The van der Waals surface area contributed by atoms with E-state index in [9.17, 15) is 9.18 Å². The lowest BCUT2D eigenvalue weighted by atomic mass is 10.1. The van der Waals surface area contributed by atoms with Gasteiger partial charge in [0.05, 0.1) is 5.56 Å². The number of aromatic nitrogens is 1. The van der Waals surface area contributed by atoms with Crippen LogP contribution in [0.25, 0.3) is 0 Å². The molecule has 1 amide bonds. The van der Waals surface area contributed by atoms with Crippen LogP contribution in [0.1, 0.15) is 21.5 Å². The number of aliphatic hydroxyl groups is 1. The van der Waals surface area contributed by atoms with Crippen LogP contribution in [0.3, 0.4) is 0 Å². The van der Waals surface area contributed by atoms with Crippen molar-refractivity contribution < 1.29 is 14.3 Å². The second kappa shape index (κ2) is 6.64. The van der Waals surface area contributed by atoms with Crippen molar-refractivity contribution in [3.63, 3.8) is 0 Å². The van der Waals surface area contributed by atoms with E-state index < -0.39 is 11.7 Å². The highest BCUT2D eigenvalue weighted by Gasteiger charge is 2.10. The number of carbonyl (C=O) groups excluding carboxylic acids is 1. The molecular weight excluding hydrogens is 271 g/mol. The zero-order chi connectivity index (χ0) is 15.2. The summed E-state index contributed by atoms with van der Waals surface area (Å²) in [5, 5.41) is 11.3. The number of anilines is 1. The number of hydrogen-bond donors (Lipinski definition) is 2. The molecule has 0 aliphatic carbocycles. The molecule has 0 saturated carbocycles. The van der Waals surface area contributed by atoms with Gasteiger partial charge < -0.3 is 10.4 Å². The molecule has 0 aliphatic heterocycles. The summed E-state index contributed by atoms with van der Waals surface area (Å²) in [6, 6.07) is 5.68. The van der Waals surface area contributed by atoms with Gasteiger partial charge in [-0.1, -0.05) is 11.8 Å². The predicted molar refractivity (Wildman–Crippen MR) is 77.3 cm³/mol. The molecule has 2 N–H and O–H groups in total. The topological polar surface area (TPSA) is 62.2 Å². The van der Waals surface area contributed by atoms with Gasteiger partial charge in [0.15, 0.2) is 0 Å². The molecule has 0 unspecified atom stereocenters. The van der Waals surface area contributed by atoms with Crippen molar-refractivity contribution >= 4 is 11.6 Å². The number of pyridine rings is 1. The number of aryl methyl sites for hydroxylation is 1. The SMILES string of the molecule is Cc1cnccc1NC(=O)c1ccc(C#CCO)c(F)c1. The first-order valence-electron chi connectivity index (χ1n) is 6.23. The van der Waals surface area contributed by atoms with Crippen LogP contribution < -0.4 is 5.32 Å². The zero-order valence-corrected chi connectivity index (χ0v) is 11.4. The largest absolute Gasteiger partial charge is 0.384 e. The van der Waals surface area contributed by atoms with Gasteiger partial charge in [0.25, 0.3) is 5.91 Å². The highest BCUT2D eigenvalue weighted by Crippen LogP contribution is 2.15. The Morgan fingerprint density at radius 2 is 2.24 bits per heavy atom. The van der Waals surface area contributed by atoms with Crippen LogP contribution in [0.4, 0.5) is 10.1 Å². The van der Waals surface area contributed by atoms with Crippen molar-refractivity contribution in [1.29, 1.82) is 0 Å². The zero-order valence-electron chi connectivity index (χ0n) is 11.4. The van der Waals surface area contributed by atoms with Crippen molar-refractivity contribution in [1.82, 2.24) is 4.98 Å². The minimum Gasteiger partial charge on any atom is -0.384 e. The first-order valence-corrected chi connectivity index (χ1v) is 6.23. The average Bonchev–Trinajstić information content (AvgIpc) is 2.48. The van der Waals surface area contributed by atoms with Crippen molar-refractivity contribution in [2.45, 2.75) is 6.92 Å². The lowest BCUT2D eigenvalue weighted by Gasteiger charge is -2.08. The monoisotopic (exact) mass is 284 g/mol. The second-order valence-electron chi connectivity index (χ2n) is 4.30. The van der Waals surface area contributed by atoms with E-state index in [1.165, 1.54) is 12.1 Å². The average molecular weight is 284 g/mol. The summed E-state index contributed by atoms with van der Waals surface area (Å²) >= 11 is 0. The smallest absolute Gasteiger partial charge is 0.255 e. The Kier molecular flexibility index (Phi) is 4.64. The highest BCUT2D eigenvalue weighted by atomic mass is 19.1. The lowest BCUT2D eigenvalue weighted by Crippen LogP contribution is -2.13. The summed E-state index contributed by atoms with van der Waals surface area (Å²) in [6.07, 6.45) is 3.19. The molecule has 2 rings (SSSR count). The Morgan fingerprint density at radius 1 is 1.43 bits per heavy atom. The summed E-state index contributed by atoms with van der Waals surface area (Å²) in [7, 11) is 0. The predicted octanol–water partition coefficient (Wildman–Crippen LogP) is 2.13. The minimum absolute atomic E-state index is 0.140. The molecule has 1 aromatic heterocycles. The Balaban J connectivity index is 2.21. The quantitative estimate of drug-likeness (QED) is 0.830. The van der Waals surface area contributed by atoms with Crippen LogP contribution in [-0.4, -0.2) is 22.6 Å². The molecule has 106 valence electrons. The molecule has 1 aromatic carbocycles. The first-order chi connectivity index (χ1) is 10.1. The molecule has 1 heterocycles. The Bertz CT molecular complexity index is 733. The molecule has 0 aliphatic rings. The first kappa shape index (κ1) is 14.7. The Labute approximate surface area is 121 Å². The number of aliphatic hydroxyl groups excluding tert-OH is 1. The molecule has 0 spiro atoms. The van der Waals surface area contributed by atoms with E-state index in [4.69, 9.17) is 5.11 Å². The van der Waals surface area contributed by atoms with Gasteiger partial charge in [-0.25, -0.2) is 4.39 Å². The molecule has 0 bridgehead atoms. The summed E-state index contributed by atoms with van der Waals surface area (Å²) in [5.41, 5.74) is 1.77.